The van der Waals surface area contributed by atoms with E-state index in [-0.39, 0.29) is 4.90 Å². The Hall–Kier alpha value is -1.97. The van der Waals surface area contributed by atoms with Crippen molar-refractivity contribution in [2.45, 2.75) is 4.90 Å². The van der Waals surface area contributed by atoms with Gasteiger partial charge in [-0.05, 0) is 30.3 Å². The molecule has 0 atom stereocenters. The van der Waals surface area contributed by atoms with Gasteiger partial charge in [0.2, 0.25) is 10.0 Å². The molecule has 1 aliphatic rings. The lowest BCUT2D eigenvalue weighted by molar-refractivity contribution is 0.100. The number of nitrogens with two attached hydrogens (primary N) is 1. The van der Waals surface area contributed by atoms with E-state index in [0.717, 1.165) is 0 Å². The second kappa shape index (κ2) is 7.11. The van der Waals surface area contributed by atoms with E-state index in [1.807, 2.05) is 4.90 Å². The van der Waals surface area contributed by atoms with Gasteiger partial charge in [-0.15, -0.1) is 0 Å². The number of rotatable bonds is 4. The Labute approximate surface area is 154 Å². The molecule has 9 heteroatoms. The summed E-state index contributed by atoms with van der Waals surface area (Å²) in [4.78, 5) is 17.9. The molecule has 2 heterocycles. The van der Waals surface area contributed by atoms with Gasteiger partial charge in [0, 0.05) is 36.8 Å². The van der Waals surface area contributed by atoms with Crippen LogP contribution in [-0.4, -0.2) is 49.8 Å². The highest BCUT2D eigenvalue weighted by molar-refractivity contribution is 9.10. The summed E-state index contributed by atoms with van der Waals surface area (Å²) in [7, 11) is -3.55. The molecule has 25 heavy (non-hydrogen) atoms. The zero-order chi connectivity index (χ0) is 18.0. The largest absolute Gasteiger partial charge is 0.365 e. The highest BCUT2D eigenvalue weighted by Gasteiger charge is 2.30. The number of carbonyl (C=O) groups excluding carboxylic acids is 1. The molecular formula is C16H17BrN4O3S. The number of anilines is 1. The first-order chi connectivity index (χ1) is 11.9. The molecule has 0 bridgehead atoms. The van der Waals surface area contributed by atoms with Crippen LogP contribution in [0, 0.1) is 0 Å². The van der Waals surface area contributed by atoms with Crippen molar-refractivity contribution < 1.29 is 13.2 Å². The lowest BCUT2D eigenvalue weighted by Gasteiger charge is -2.35. The van der Waals surface area contributed by atoms with Gasteiger partial charge in [0.1, 0.15) is 5.82 Å². The zero-order valence-electron chi connectivity index (χ0n) is 13.3. The fraction of sp³-hybridized carbons (Fsp3) is 0.250. The molecule has 2 N–H and O–H groups in total. The summed E-state index contributed by atoms with van der Waals surface area (Å²) in [5.74, 6) is -0.0539. The van der Waals surface area contributed by atoms with Crippen molar-refractivity contribution in [3.05, 3.63) is 52.6 Å². The van der Waals surface area contributed by atoms with E-state index in [9.17, 15) is 13.2 Å². The SMILES string of the molecule is NC(=O)c1cccnc1N1CCN(S(=O)(=O)c2cccc(Br)c2)CC1. The van der Waals surface area contributed by atoms with Crippen molar-refractivity contribution in [2.24, 2.45) is 5.73 Å². The van der Waals surface area contributed by atoms with E-state index in [0.29, 0.717) is 42.0 Å². The summed E-state index contributed by atoms with van der Waals surface area (Å²) >= 11 is 3.30. The van der Waals surface area contributed by atoms with Gasteiger partial charge in [-0.1, -0.05) is 22.0 Å². The molecule has 0 saturated carbocycles. The van der Waals surface area contributed by atoms with Gasteiger partial charge in [0.25, 0.3) is 5.91 Å². The van der Waals surface area contributed by atoms with Crippen LogP contribution in [0.3, 0.4) is 0 Å². The number of primary amides is 1. The van der Waals surface area contributed by atoms with E-state index < -0.39 is 15.9 Å². The van der Waals surface area contributed by atoms with Crippen LogP contribution in [0.1, 0.15) is 10.4 Å². The summed E-state index contributed by atoms with van der Waals surface area (Å²) in [6, 6.07) is 9.92. The highest BCUT2D eigenvalue weighted by Crippen LogP contribution is 2.23. The maximum atomic E-state index is 12.8. The predicted octanol–water partition coefficient (Wildman–Crippen LogP) is 1.45. The smallest absolute Gasteiger partial charge is 0.252 e. The van der Waals surface area contributed by atoms with Crippen LogP contribution >= 0.6 is 15.9 Å². The second-order valence-electron chi connectivity index (χ2n) is 5.59. The molecule has 132 valence electrons. The molecule has 0 unspecified atom stereocenters. The number of aromatic nitrogens is 1. The fourth-order valence-corrected chi connectivity index (χ4v) is 4.78. The molecule has 1 aromatic carbocycles. The number of pyridine rings is 1. The minimum absolute atomic E-state index is 0.256. The molecule has 0 spiro atoms. The lowest BCUT2D eigenvalue weighted by Crippen LogP contribution is -2.49. The van der Waals surface area contributed by atoms with E-state index in [4.69, 9.17) is 5.73 Å². The third-order valence-electron chi connectivity index (χ3n) is 4.02. The number of carbonyl (C=O) groups is 1. The van der Waals surface area contributed by atoms with Gasteiger partial charge in [-0.2, -0.15) is 4.31 Å². The highest BCUT2D eigenvalue weighted by atomic mass is 79.9. The standard InChI is InChI=1S/C16H17BrN4O3S/c17-12-3-1-4-13(11-12)25(23,24)21-9-7-20(8-10-21)16-14(15(18)22)5-2-6-19-16/h1-6,11H,7-10H2,(H2,18,22). The van der Waals surface area contributed by atoms with Crippen molar-refractivity contribution in [3.8, 4) is 0 Å². The van der Waals surface area contributed by atoms with Gasteiger partial charge in [-0.3, -0.25) is 4.79 Å². The van der Waals surface area contributed by atoms with Crippen LogP contribution in [0.2, 0.25) is 0 Å². The van der Waals surface area contributed by atoms with Gasteiger partial charge in [0.05, 0.1) is 10.5 Å². The van der Waals surface area contributed by atoms with Gasteiger partial charge < -0.3 is 10.6 Å². The Morgan fingerprint density at radius 3 is 2.48 bits per heavy atom. The van der Waals surface area contributed by atoms with Crippen LogP contribution in [0.15, 0.2) is 52.0 Å². The van der Waals surface area contributed by atoms with E-state index >= 15 is 0 Å². The van der Waals surface area contributed by atoms with Gasteiger partial charge in [-0.25, -0.2) is 13.4 Å². The first kappa shape index (κ1) is 17.8. The summed E-state index contributed by atoms with van der Waals surface area (Å²) in [6.07, 6.45) is 1.59. The first-order valence-electron chi connectivity index (χ1n) is 7.65. The van der Waals surface area contributed by atoms with Crippen LogP contribution in [0.4, 0.5) is 5.82 Å². The number of hydrogen-bond donors (Lipinski definition) is 1. The number of hydrogen-bond acceptors (Lipinski definition) is 5. The number of sulfonamides is 1. The quantitative estimate of drug-likeness (QED) is 0.800. The normalized spacial score (nSPS) is 16.0. The molecule has 1 amide bonds. The van der Waals surface area contributed by atoms with Crippen molar-refractivity contribution in [1.82, 2.24) is 9.29 Å². The lowest BCUT2D eigenvalue weighted by atomic mass is 10.2. The Balaban J connectivity index is 1.77. The Kier molecular flexibility index (Phi) is 5.07. The van der Waals surface area contributed by atoms with Crippen molar-refractivity contribution >= 4 is 37.7 Å². The average Bonchev–Trinajstić information content (AvgIpc) is 2.62. The molecule has 2 aromatic rings. The predicted molar refractivity (Wildman–Crippen MR) is 97.9 cm³/mol. The van der Waals surface area contributed by atoms with E-state index in [1.54, 1.807) is 42.6 Å². The number of benzene rings is 1. The molecule has 1 saturated heterocycles. The van der Waals surface area contributed by atoms with Crippen LogP contribution in [0.25, 0.3) is 0 Å². The topological polar surface area (TPSA) is 96.6 Å². The zero-order valence-corrected chi connectivity index (χ0v) is 15.7. The molecule has 1 fully saturated rings. The Bertz CT molecular complexity index is 896. The minimum atomic E-state index is -3.55. The summed E-state index contributed by atoms with van der Waals surface area (Å²) < 4.78 is 27.7. The molecule has 0 radical (unpaired) electrons. The summed E-state index contributed by atoms with van der Waals surface area (Å²) in [6.45, 7) is 1.49. The maximum absolute atomic E-state index is 12.8. The van der Waals surface area contributed by atoms with Crippen LogP contribution in [-0.2, 0) is 10.0 Å². The number of halogens is 1. The van der Waals surface area contributed by atoms with E-state index in [1.165, 1.54) is 4.31 Å². The van der Waals surface area contributed by atoms with Crippen LogP contribution < -0.4 is 10.6 Å². The van der Waals surface area contributed by atoms with Crippen molar-refractivity contribution in [3.63, 3.8) is 0 Å². The second-order valence-corrected chi connectivity index (χ2v) is 8.44. The van der Waals surface area contributed by atoms with Gasteiger partial charge >= 0.3 is 0 Å². The van der Waals surface area contributed by atoms with Crippen molar-refractivity contribution in [1.29, 1.82) is 0 Å². The van der Waals surface area contributed by atoms with Gasteiger partial charge in [0.15, 0.2) is 0 Å². The minimum Gasteiger partial charge on any atom is -0.365 e. The van der Waals surface area contributed by atoms with Crippen LogP contribution in [0.5, 0.6) is 0 Å². The molecule has 0 aliphatic carbocycles. The average molecular weight is 425 g/mol. The third kappa shape index (κ3) is 3.68. The molecule has 1 aromatic heterocycles. The third-order valence-corrected chi connectivity index (χ3v) is 6.41. The fourth-order valence-electron chi connectivity index (χ4n) is 2.76. The molecule has 3 rings (SSSR count). The molecule has 1 aliphatic heterocycles. The molecule has 7 nitrogen and oxygen atoms in total. The maximum Gasteiger partial charge on any atom is 0.252 e. The number of piperazine rings is 1. The number of nitrogens with zero attached hydrogens (tertiary/aromatic N) is 3. The number of amides is 1. The van der Waals surface area contributed by atoms with E-state index in [2.05, 4.69) is 20.9 Å². The molecular weight excluding hydrogens is 408 g/mol. The summed E-state index contributed by atoms with van der Waals surface area (Å²) in [5.41, 5.74) is 5.73. The Morgan fingerprint density at radius 1 is 1.12 bits per heavy atom. The first-order valence-corrected chi connectivity index (χ1v) is 9.88. The summed E-state index contributed by atoms with van der Waals surface area (Å²) in [5, 5.41) is 0. The van der Waals surface area contributed by atoms with Crippen molar-refractivity contribution in [2.75, 3.05) is 31.1 Å². The monoisotopic (exact) mass is 424 g/mol. The Morgan fingerprint density at radius 2 is 1.84 bits per heavy atom.